The molecule has 1 heteroatoms. The SMILES string of the molecule is CCC(CCCCOCCCCC(CC)C(C)C)C(C)C. The van der Waals surface area contributed by atoms with E-state index in [9.17, 15) is 0 Å². The van der Waals surface area contributed by atoms with Crippen molar-refractivity contribution in [3.63, 3.8) is 0 Å². The molecule has 0 N–H and O–H groups in total. The fourth-order valence-electron chi connectivity index (χ4n) is 3.34. The van der Waals surface area contributed by atoms with Gasteiger partial charge in [0.05, 0.1) is 0 Å². The average Bonchev–Trinajstić information content (AvgIpc) is 2.44. The van der Waals surface area contributed by atoms with Crippen molar-refractivity contribution in [1.82, 2.24) is 0 Å². The Kier molecular flexibility index (Phi) is 13.6. The van der Waals surface area contributed by atoms with Crippen LogP contribution in [-0.2, 0) is 4.74 Å². The zero-order chi connectivity index (χ0) is 16.1. The first-order chi connectivity index (χ1) is 10.0. The summed E-state index contributed by atoms with van der Waals surface area (Å²) < 4.78 is 5.79. The summed E-state index contributed by atoms with van der Waals surface area (Å²) in [4.78, 5) is 0. The standard InChI is InChI=1S/C20H42O/c1-7-19(17(3)4)13-9-11-15-21-16-12-10-14-20(8-2)18(5)6/h17-20H,7-16H2,1-6H3. The predicted molar refractivity (Wildman–Crippen MR) is 95.8 cm³/mol. The molecule has 0 aromatic carbocycles. The third-order valence-corrected chi connectivity index (χ3v) is 5.16. The van der Waals surface area contributed by atoms with Gasteiger partial charge in [0.2, 0.25) is 0 Å². The summed E-state index contributed by atoms with van der Waals surface area (Å²) in [5, 5.41) is 0. The van der Waals surface area contributed by atoms with Crippen LogP contribution in [0, 0.1) is 23.7 Å². The third kappa shape index (κ3) is 11.2. The topological polar surface area (TPSA) is 9.23 Å². The molecule has 2 unspecified atom stereocenters. The van der Waals surface area contributed by atoms with Crippen LogP contribution in [0.2, 0.25) is 0 Å². The molecule has 0 saturated heterocycles. The first kappa shape index (κ1) is 21.0. The van der Waals surface area contributed by atoms with Crippen LogP contribution < -0.4 is 0 Å². The first-order valence-electron chi connectivity index (χ1n) is 9.60. The van der Waals surface area contributed by atoms with Gasteiger partial charge in [-0.2, -0.15) is 0 Å². The summed E-state index contributed by atoms with van der Waals surface area (Å²) in [7, 11) is 0. The molecule has 0 saturated carbocycles. The van der Waals surface area contributed by atoms with E-state index in [1.807, 2.05) is 0 Å². The lowest BCUT2D eigenvalue weighted by molar-refractivity contribution is 0.122. The van der Waals surface area contributed by atoms with Crippen molar-refractivity contribution in [3.05, 3.63) is 0 Å². The Labute approximate surface area is 135 Å². The molecule has 0 heterocycles. The molecular weight excluding hydrogens is 256 g/mol. The number of rotatable bonds is 14. The Morgan fingerprint density at radius 3 is 1.29 bits per heavy atom. The average molecular weight is 299 g/mol. The van der Waals surface area contributed by atoms with E-state index in [2.05, 4.69) is 41.5 Å². The number of hydrogen-bond donors (Lipinski definition) is 0. The molecule has 128 valence electrons. The van der Waals surface area contributed by atoms with Crippen molar-refractivity contribution in [2.24, 2.45) is 23.7 Å². The van der Waals surface area contributed by atoms with E-state index in [-0.39, 0.29) is 0 Å². The van der Waals surface area contributed by atoms with Gasteiger partial charge in [-0.15, -0.1) is 0 Å². The zero-order valence-corrected chi connectivity index (χ0v) is 15.8. The minimum absolute atomic E-state index is 0.836. The highest BCUT2D eigenvalue weighted by Gasteiger charge is 2.11. The first-order valence-corrected chi connectivity index (χ1v) is 9.60. The van der Waals surface area contributed by atoms with E-state index in [4.69, 9.17) is 4.74 Å². The molecule has 1 nitrogen and oxygen atoms in total. The number of unbranched alkanes of at least 4 members (excludes halogenated alkanes) is 2. The second kappa shape index (κ2) is 13.6. The lowest BCUT2D eigenvalue weighted by Crippen LogP contribution is -2.08. The van der Waals surface area contributed by atoms with E-state index in [0.717, 1.165) is 36.9 Å². The van der Waals surface area contributed by atoms with Gasteiger partial charge in [0.15, 0.2) is 0 Å². The Hall–Kier alpha value is -0.0400. The summed E-state index contributed by atoms with van der Waals surface area (Å²) in [6, 6.07) is 0. The maximum Gasteiger partial charge on any atom is 0.0466 e. The maximum atomic E-state index is 5.79. The Morgan fingerprint density at radius 2 is 1.00 bits per heavy atom. The largest absolute Gasteiger partial charge is 0.381 e. The van der Waals surface area contributed by atoms with Crippen LogP contribution in [0.5, 0.6) is 0 Å². The van der Waals surface area contributed by atoms with Gasteiger partial charge in [0, 0.05) is 13.2 Å². The third-order valence-electron chi connectivity index (χ3n) is 5.16. The van der Waals surface area contributed by atoms with Gasteiger partial charge in [0.25, 0.3) is 0 Å². The van der Waals surface area contributed by atoms with Crippen molar-refractivity contribution in [2.75, 3.05) is 13.2 Å². The van der Waals surface area contributed by atoms with Crippen LogP contribution in [0.4, 0.5) is 0 Å². The fourth-order valence-corrected chi connectivity index (χ4v) is 3.34. The molecule has 0 radical (unpaired) electrons. The van der Waals surface area contributed by atoms with Crippen molar-refractivity contribution < 1.29 is 4.74 Å². The second-order valence-corrected chi connectivity index (χ2v) is 7.43. The molecule has 0 fully saturated rings. The highest BCUT2D eigenvalue weighted by molar-refractivity contribution is 4.62. The summed E-state index contributed by atoms with van der Waals surface area (Å²) in [5.74, 6) is 3.49. The van der Waals surface area contributed by atoms with Gasteiger partial charge in [-0.1, -0.05) is 80.1 Å². The summed E-state index contributed by atoms with van der Waals surface area (Å²) in [6.45, 7) is 16.0. The zero-order valence-electron chi connectivity index (χ0n) is 15.8. The Bertz CT molecular complexity index is 188. The van der Waals surface area contributed by atoms with Gasteiger partial charge < -0.3 is 4.74 Å². The van der Waals surface area contributed by atoms with Crippen LogP contribution >= 0.6 is 0 Å². The lowest BCUT2D eigenvalue weighted by atomic mass is 9.88. The van der Waals surface area contributed by atoms with Gasteiger partial charge in [-0.05, 0) is 36.5 Å². The van der Waals surface area contributed by atoms with Crippen LogP contribution in [0.25, 0.3) is 0 Å². The highest BCUT2D eigenvalue weighted by atomic mass is 16.5. The molecule has 2 atom stereocenters. The van der Waals surface area contributed by atoms with E-state index in [1.165, 1.54) is 51.4 Å². The van der Waals surface area contributed by atoms with Crippen LogP contribution in [0.15, 0.2) is 0 Å². The summed E-state index contributed by atoms with van der Waals surface area (Å²) in [5.41, 5.74) is 0. The normalized spacial score (nSPS) is 14.9. The minimum Gasteiger partial charge on any atom is -0.381 e. The van der Waals surface area contributed by atoms with Gasteiger partial charge in [0.1, 0.15) is 0 Å². The smallest absolute Gasteiger partial charge is 0.0466 e. The number of hydrogen-bond acceptors (Lipinski definition) is 1. The van der Waals surface area contributed by atoms with Crippen molar-refractivity contribution in [2.45, 2.75) is 92.9 Å². The van der Waals surface area contributed by atoms with E-state index in [0.29, 0.717) is 0 Å². The molecule has 0 rings (SSSR count). The van der Waals surface area contributed by atoms with Crippen molar-refractivity contribution >= 4 is 0 Å². The minimum atomic E-state index is 0.836. The van der Waals surface area contributed by atoms with Crippen LogP contribution in [-0.4, -0.2) is 13.2 Å². The van der Waals surface area contributed by atoms with E-state index < -0.39 is 0 Å². The fraction of sp³-hybridized carbons (Fsp3) is 1.00. The van der Waals surface area contributed by atoms with Crippen molar-refractivity contribution in [1.29, 1.82) is 0 Å². The number of ether oxygens (including phenoxy) is 1. The highest BCUT2D eigenvalue weighted by Crippen LogP contribution is 2.22. The Balaban J connectivity index is 3.37. The van der Waals surface area contributed by atoms with Crippen LogP contribution in [0.3, 0.4) is 0 Å². The predicted octanol–water partition coefficient (Wildman–Crippen LogP) is 6.71. The Morgan fingerprint density at radius 1 is 0.619 bits per heavy atom. The molecule has 0 bridgehead atoms. The van der Waals surface area contributed by atoms with E-state index in [1.54, 1.807) is 0 Å². The molecule has 0 aliphatic heterocycles. The molecule has 0 aliphatic carbocycles. The van der Waals surface area contributed by atoms with Gasteiger partial charge in [-0.3, -0.25) is 0 Å². The maximum absolute atomic E-state index is 5.79. The molecule has 0 spiro atoms. The van der Waals surface area contributed by atoms with Crippen LogP contribution in [0.1, 0.15) is 92.9 Å². The molecular formula is C20H42O. The quantitative estimate of drug-likeness (QED) is 0.324. The molecule has 21 heavy (non-hydrogen) atoms. The van der Waals surface area contributed by atoms with Gasteiger partial charge >= 0.3 is 0 Å². The van der Waals surface area contributed by atoms with E-state index >= 15 is 0 Å². The molecule has 0 aromatic rings. The lowest BCUT2D eigenvalue weighted by Gasteiger charge is -2.19. The van der Waals surface area contributed by atoms with Crippen molar-refractivity contribution in [3.8, 4) is 0 Å². The van der Waals surface area contributed by atoms with Gasteiger partial charge in [-0.25, -0.2) is 0 Å². The second-order valence-electron chi connectivity index (χ2n) is 7.43. The molecule has 0 amide bonds. The molecule has 0 aromatic heterocycles. The summed E-state index contributed by atoms with van der Waals surface area (Å²) in [6.07, 6.45) is 10.6. The monoisotopic (exact) mass is 298 g/mol. The summed E-state index contributed by atoms with van der Waals surface area (Å²) >= 11 is 0. The molecule has 0 aliphatic rings.